The molecule has 0 bridgehead atoms. The standard InChI is InChI=1S/C10H14IN3/c11-8-5-7(6-14-10(8)12)9-3-1-2-4-13-9/h5-6,9,13H,1-4H2,(H2,12,14). The van der Waals surface area contributed by atoms with E-state index in [-0.39, 0.29) is 0 Å². The molecule has 0 aromatic carbocycles. The lowest BCUT2D eigenvalue weighted by molar-refractivity contribution is 0.411. The van der Waals surface area contributed by atoms with Gasteiger partial charge >= 0.3 is 0 Å². The average molecular weight is 303 g/mol. The van der Waals surface area contributed by atoms with Gasteiger partial charge in [-0.2, -0.15) is 0 Å². The zero-order valence-electron chi connectivity index (χ0n) is 7.96. The van der Waals surface area contributed by atoms with Crippen molar-refractivity contribution in [3.8, 4) is 0 Å². The Morgan fingerprint density at radius 1 is 1.50 bits per heavy atom. The Balaban J connectivity index is 2.18. The third kappa shape index (κ3) is 2.17. The molecule has 0 amide bonds. The number of nitrogens with zero attached hydrogens (tertiary/aromatic N) is 1. The number of hydrogen-bond donors (Lipinski definition) is 2. The number of hydrogen-bond acceptors (Lipinski definition) is 3. The summed E-state index contributed by atoms with van der Waals surface area (Å²) in [5.41, 5.74) is 6.95. The third-order valence-corrected chi connectivity index (χ3v) is 3.47. The molecule has 1 unspecified atom stereocenters. The van der Waals surface area contributed by atoms with Crippen molar-refractivity contribution in [2.45, 2.75) is 25.3 Å². The normalized spacial score (nSPS) is 22.2. The second kappa shape index (κ2) is 4.44. The number of nitrogens with one attached hydrogen (secondary N) is 1. The molecule has 3 N–H and O–H groups in total. The summed E-state index contributed by atoms with van der Waals surface area (Å²) in [6, 6.07) is 2.61. The van der Waals surface area contributed by atoms with E-state index < -0.39 is 0 Å². The van der Waals surface area contributed by atoms with E-state index in [4.69, 9.17) is 5.73 Å². The number of anilines is 1. The predicted molar refractivity (Wildman–Crippen MR) is 66.0 cm³/mol. The van der Waals surface area contributed by atoms with E-state index in [1.807, 2.05) is 6.20 Å². The summed E-state index contributed by atoms with van der Waals surface area (Å²) in [6.45, 7) is 1.12. The summed E-state index contributed by atoms with van der Waals surface area (Å²) >= 11 is 2.23. The molecule has 1 fully saturated rings. The van der Waals surface area contributed by atoms with Crippen LogP contribution < -0.4 is 11.1 Å². The molecule has 0 radical (unpaired) electrons. The first-order valence-electron chi connectivity index (χ1n) is 4.91. The Bertz CT molecular complexity index is 321. The summed E-state index contributed by atoms with van der Waals surface area (Å²) < 4.78 is 1.05. The monoisotopic (exact) mass is 303 g/mol. The van der Waals surface area contributed by atoms with E-state index in [9.17, 15) is 0 Å². The van der Waals surface area contributed by atoms with Gasteiger partial charge in [0.25, 0.3) is 0 Å². The Kier molecular flexibility index (Phi) is 3.22. The first kappa shape index (κ1) is 10.2. The summed E-state index contributed by atoms with van der Waals surface area (Å²) in [5, 5.41) is 3.50. The zero-order chi connectivity index (χ0) is 9.97. The molecule has 0 saturated carbocycles. The van der Waals surface area contributed by atoms with E-state index in [1.165, 1.54) is 24.8 Å². The Hall–Kier alpha value is -0.360. The molecule has 76 valence electrons. The number of pyridine rings is 1. The van der Waals surface area contributed by atoms with Crippen LogP contribution in [0.4, 0.5) is 5.82 Å². The molecule has 1 saturated heterocycles. The van der Waals surface area contributed by atoms with Crippen molar-refractivity contribution in [1.82, 2.24) is 10.3 Å². The summed E-state index contributed by atoms with van der Waals surface area (Å²) in [7, 11) is 0. The van der Waals surface area contributed by atoms with Crippen LogP contribution in [0.2, 0.25) is 0 Å². The van der Waals surface area contributed by atoms with Crippen molar-refractivity contribution in [3.63, 3.8) is 0 Å². The molecule has 2 heterocycles. The van der Waals surface area contributed by atoms with E-state index in [1.54, 1.807) is 0 Å². The van der Waals surface area contributed by atoms with Crippen LogP contribution in [0.5, 0.6) is 0 Å². The number of nitrogen functional groups attached to an aromatic ring is 1. The predicted octanol–water partition coefficient (Wildman–Crippen LogP) is 2.08. The van der Waals surface area contributed by atoms with E-state index in [0.29, 0.717) is 11.9 Å². The summed E-state index contributed by atoms with van der Waals surface area (Å²) in [6.07, 6.45) is 5.69. The second-order valence-electron chi connectivity index (χ2n) is 3.64. The first-order chi connectivity index (χ1) is 6.77. The number of piperidine rings is 1. The fourth-order valence-electron chi connectivity index (χ4n) is 1.79. The maximum absolute atomic E-state index is 5.68. The van der Waals surface area contributed by atoms with Gasteiger partial charge in [-0.3, -0.25) is 0 Å². The molecule has 14 heavy (non-hydrogen) atoms. The molecule has 4 heteroatoms. The lowest BCUT2D eigenvalue weighted by Crippen LogP contribution is -2.26. The minimum Gasteiger partial charge on any atom is -0.383 e. The molecule has 1 atom stereocenters. The van der Waals surface area contributed by atoms with E-state index in [0.717, 1.165) is 10.1 Å². The molecule has 1 aliphatic heterocycles. The van der Waals surface area contributed by atoms with Gasteiger partial charge in [0.15, 0.2) is 0 Å². The minimum atomic E-state index is 0.477. The number of halogens is 1. The van der Waals surface area contributed by atoms with Gasteiger partial charge in [-0.1, -0.05) is 6.42 Å². The Labute approximate surface area is 97.6 Å². The second-order valence-corrected chi connectivity index (χ2v) is 4.80. The molecular formula is C10H14IN3. The topological polar surface area (TPSA) is 50.9 Å². The van der Waals surface area contributed by atoms with Gasteiger partial charge in [-0.15, -0.1) is 0 Å². The van der Waals surface area contributed by atoms with Gasteiger partial charge in [-0.05, 0) is 53.6 Å². The van der Waals surface area contributed by atoms with Crippen LogP contribution in [0.25, 0.3) is 0 Å². The van der Waals surface area contributed by atoms with Gasteiger partial charge in [-0.25, -0.2) is 4.98 Å². The first-order valence-corrected chi connectivity index (χ1v) is 5.99. The smallest absolute Gasteiger partial charge is 0.136 e. The lowest BCUT2D eigenvalue weighted by atomic mass is 9.99. The molecule has 1 aromatic rings. The highest BCUT2D eigenvalue weighted by Gasteiger charge is 2.15. The Morgan fingerprint density at radius 3 is 3.00 bits per heavy atom. The van der Waals surface area contributed by atoms with E-state index >= 15 is 0 Å². The lowest BCUT2D eigenvalue weighted by Gasteiger charge is -2.23. The largest absolute Gasteiger partial charge is 0.383 e. The quantitative estimate of drug-likeness (QED) is 0.781. The van der Waals surface area contributed by atoms with Crippen LogP contribution in [0.1, 0.15) is 30.9 Å². The molecule has 1 aromatic heterocycles. The number of nitrogens with two attached hydrogens (primary N) is 1. The minimum absolute atomic E-state index is 0.477. The highest BCUT2D eigenvalue weighted by Crippen LogP contribution is 2.24. The van der Waals surface area contributed by atoms with Crippen LogP contribution in [0.15, 0.2) is 12.3 Å². The van der Waals surface area contributed by atoms with Gasteiger partial charge < -0.3 is 11.1 Å². The van der Waals surface area contributed by atoms with Crippen LogP contribution in [0.3, 0.4) is 0 Å². The third-order valence-electron chi connectivity index (χ3n) is 2.60. The van der Waals surface area contributed by atoms with Gasteiger partial charge in [0.05, 0.1) is 3.57 Å². The number of rotatable bonds is 1. The van der Waals surface area contributed by atoms with Crippen LogP contribution in [0, 0.1) is 3.57 Å². The van der Waals surface area contributed by atoms with Crippen molar-refractivity contribution >= 4 is 28.4 Å². The molecule has 0 aliphatic carbocycles. The molecule has 0 spiro atoms. The highest BCUT2D eigenvalue weighted by molar-refractivity contribution is 14.1. The SMILES string of the molecule is Nc1ncc(C2CCCCN2)cc1I. The van der Waals surface area contributed by atoms with E-state index in [2.05, 4.69) is 39.0 Å². The van der Waals surface area contributed by atoms with Gasteiger partial charge in [0, 0.05) is 12.2 Å². The zero-order valence-corrected chi connectivity index (χ0v) is 10.1. The summed E-state index contributed by atoms with van der Waals surface area (Å²) in [5.74, 6) is 0.630. The summed E-state index contributed by atoms with van der Waals surface area (Å²) in [4.78, 5) is 4.18. The number of aromatic nitrogens is 1. The fraction of sp³-hybridized carbons (Fsp3) is 0.500. The van der Waals surface area contributed by atoms with Crippen LogP contribution in [-0.2, 0) is 0 Å². The molecule has 1 aliphatic rings. The van der Waals surface area contributed by atoms with Crippen molar-refractivity contribution in [3.05, 3.63) is 21.4 Å². The maximum atomic E-state index is 5.68. The average Bonchev–Trinajstić information content (AvgIpc) is 2.23. The van der Waals surface area contributed by atoms with Crippen LogP contribution in [-0.4, -0.2) is 11.5 Å². The molecule has 2 rings (SSSR count). The fourth-order valence-corrected chi connectivity index (χ4v) is 2.29. The maximum Gasteiger partial charge on any atom is 0.136 e. The molecular weight excluding hydrogens is 289 g/mol. The highest BCUT2D eigenvalue weighted by atomic mass is 127. The van der Waals surface area contributed by atoms with Crippen molar-refractivity contribution in [2.24, 2.45) is 0 Å². The van der Waals surface area contributed by atoms with Crippen molar-refractivity contribution < 1.29 is 0 Å². The van der Waals surface area contributed by atoms with Crippen molar-refractivity contribution in [2.75, 3.05) is 12.3 Å². The van der Waals surface area contributed by atoms with Crippen molar-refractivity contribution in [1.29, 1.82) is 0 Å². The Morgan fingerprint density at radius 2 is 2.36 bits per heavy atom. The van der Waals surface area contributed by atoms with Gasteiger partial charge in [0.2, 0.25) is 0 Å². The van der Waals surface area contributed by atoms with Gasteiger partial charge in [0.1, 0.15) is 5.82 Å². The van der Waals surface area contributed by atoms with Crippen LogP contribution >= 0.6 is 22.6 Å². The molecule has 3 nitrogen and oxygen atoms in total.